The van der Waals surface area contributed by atoms with Gasteiger partial charge in [0.15, 0.2) is 0 Å². The lowest BCUT2D eigenvalue weighted by Crippen LogP contribution is -2.68. The topological polar surface area (TPSA) is 196 Å². The molecule has 43 heavy (non-hydrogen) atoms. The van der Waals surface area contributed by atoms with Crippen LogP contribution < -0.4 is 16.0 Å². The Labute approximate surface area is 256 Å². The first-order chi connectivity index (χ1) is 20.5. The largest absolute Gasteiger partial charge is 0.477 e. The van der Waals surface area contributed by atoms with Crippen molar-refractivity contribution in [2.45, 2.75) is 74.8 Å². The van der Waals surface area contributed by atoms with Crippen LogP contribution in [0.25, 0.3) is 0 Å². The Morgan fingerprint density at radius 3 is 2.44 bits per heavy atom. The van der Waals surface area contributed by atoms with Crippen molar-refractivity contribution in [3.05, 3.63) is 34.9 Å². The molecule has 14 heteroatoms. The van der Waals surface area contributed by atoms with E-state index in [1.165, 1.54) is 7.05 Å². The number of rotatable bonds is 19. The van der Waals surface area contributed by atoms with Gasteiger partial charge in [-0.1, -0.05) is 42.5 Å². The Morgan fingerprint density at radius 2 is 1.81 bits per heavy atom. The van der Waals surface area contributed by atoms with E-state index in [2.05, 4.69) is 21.9 Å². The molecular formula is C29H42ClN3O10. The number of carbonyl (C=O) groups excluding carboxylic acids is 2. The van der Waals surface area contributed by atoms with Crippen LogP contribution in [-0.4, -0.2) is 114 Å². The molecule has 6 atom stereocenters. The number of aliphatic hydroxyl groups is 3. The van der Waals surface area contributed by atoms with Gasteiger partial charge in [-0.2, -0.15) is 0 Å². The van der Waals surface area contributed by atoms with E-state index < -0.39 is 67.0 Å². The van der Waals surface area contributed by atoms with Gasteiger partial charge in [0.25, 0.3) is 5.79 Å². The fourth-order valence-electron chi connectivity index (χ4n) is 4.52. The number of hydrogen-bond donors (Lipinski definition) is 7. The number of hydrogen-bond acceptors (Lipinski definition) is 10. The molecule has 0 aromatic heterocycles. The van der Waals surface area contributed by atoms with Gasteiger partial charge in [-0.3, -0.25) is 9.59 Å². The Hall–Kier alpha value is -2.80. The number of aliphatic carboxylic acids is 1. The molecule has 2 amide bonds. The molecule has 7 N–H and O–H groups in total. The van der Waals surface area contributed by atoms with Crippen molar-refractivity contribution >= 4 is 29.4 Å². The number of amides is 2. The van der Waals surface area contributed by atoms with Gasteiger partial charge >= 0.3 is 5.97 Å². The zero-order chi connectivity index (χ0) is 31.8. The number of likely N-dealkylation sites (N-methyl/N-ethyl adjacent to an activating group) is 1. The third-order valence-corrected chi connectivity index (χ3v) is 7.15. The van der Waals surface area contributed by atoms with Gasteiger partial charge in [-0.25, -0.2) is 4.79 Å². The van der Waals surface area contributed by atoms with Crippen molar-refractivity contribution in [1.82, 2.24) is 16.0 Å². The van der Waals surface area contributed by atoms with E-state index in [1.54, 1.807) is 24.3 Å². The lowest BCUT2D eigenvalue weighted by Gasteiger charge is -2.46. The van der Waals surface area contributed by atoms with E-state index in [1.807, 2.05) is 0 Å². The third kappa shape index (κ3) is 12.0. The van der Waals surface area contributed by atoms with Crippen molar-refractivity contribution in [1.29, 1.82) is 0 Å². The lowest BCUT2D eigenvalue weighted by molar-refractivity contribution is -0.311. The van der Waals surface area contributed by atoms with E-state index >= 15 is 0 Å². The molecule has 1 saturated heterocycles. The summed E-state index contributed by atoms with van der Waals surface area (Å²) in [6.07, 6.45) is 0.945. The van der Waals surface area contributed by atoms with E-state index in [9.17, 15) is 34.8 Å². The van der Waals surface area contributed by atoms with E-state index in [-0.39, 0.29) is 26.2 Å². The smallest absolute Gasteiger partial charge is 0.364 e. The van der Waals surface area contributed by atoms with Crippen molar-refractivity contribution in [3.63, 3.8) is 0 Å². The van der Waals surface area contributed by atoms with Gasteiger partial charge in [0.1, 0.15) is 18.8 Å². The molecule has 1 heterocycles. The normalized spacial score (nSPS) is 23.1. The standard InChI is InChI=1S/C29H42ClN3O10/c1-3-12-41-13-6-4-5-7-14-42-29(28(39)40)16-21(34)25(33-18-24(37)31-2)27(43-29)26(38)22(35)17-32-23(36)15-19-8-10-20(30)11-9-19/h1,8-11,21-22,25-27,33-35,38H,4-7,12-18H2,2H3,(H,31,37)(H,32,36)(H,39,40)/t21-,22+,25+,26+,27+,29+/m0/s1. The van der Waals surface area contributed by atoms with Crippen LogP contribution in [0.1, 0.15) is 37.7 Å². The van der Waals surface area contributed by atoms with Gasteiger partial charge in [0.05, 0.1) is 37.8 Å². The van der Waals surface area contributed by atoms with Crippen LogP contribution in [0.15, 0.2) is 24.3 Å². The number of unbranched alkanes of at least 4 members (excludes halogenated alkanes) is 3. The first-order valence-electron chi connectivity index (χ1n) is 14.1. The van der Waals surface area contributed by atoms with Crippen LogP contribution in [0.4, 0.5) is 0 Å². The zero-order valence-electron chi connectivity index (χ0n) is 24.2. The average Bonchev–Trinajstić information content (AvgIpc) is 2.98. The molecule has 240 valence electrons. The second kappa shape index (κ2) is 18.8. The number of carboxylic acid groups (broad SMARTS) is 1. The summed E-state index contributed by atoms with van der Waals surface area (Å²) in [6, 6.07) is 5.46. The van der Waals surface area contributed by atoms with Crippen LogP contribution in [0.2, 0.25) is 5.02 Å². The Bertz CT molecular complexity index is 1070. The molecule has 1 aromatic rings. The molecule has 0 bridgehead atoms. The minimum atomic E-state index is -2.33. The van der Waals surface area contributed by atoms with Crippen molar-refractivity contribution in [3.8, 4) is 12.3 Å². The summed E-state index contributed by atoms with van der Waals surface area (Å²) < 4.78 is 16.7. The number of nitrogens with one attached hydrogen (secondary N) is 3. The predicted molar refractivity (Wildman–Crippen MR) is 156 cm³/mol. The van der Waals surface area contributed by atoms with Gasteiger partial charge in [-0.05, 0) is 30.5 Å². The Morgan fingerprint density at radius 1 is 1.14 bits per heavy atom. The molecule has 0 radical (unpaired) electrons. The van der Waals surface area contributed by atoms with E-state index in [0.717, 1.165) is 12.8 Å². The van der Waals surface area contributed by atoms with Crippen molar-refractivity contribution in [2.24, 2.45) is 0 Å². The molecule has 1 aliphatic heterocycles. The van der Waals surface area contributed by atoms with Crippen LogP contribution in [-0.2, 0) is 35.0 Å². The van der Waals surface area contributed by atoms with Gasteiger partial charge < -0.3 is 50.6 Å². The minimum Gasteiger partial charge on any atom is -0.477 e. The fraction of sp³-hybridized carbons (Fsp3) is 0.621. The monoisotopic (exact) mass is 627 g/mol. The maximum Gasteiger partial charge on any atom is 0.364 e. The molecule has 13 nitrogen and oxygen atoms in total. The molecular weight excluding hydrogens is 586 g/mol. The molecule has 1 aromatic carbocycles. The third-order valence-electron chi connectivity index (χ3n) is 6.90. The summed E-state index contributed by atoms with van der Waals surface area (Å²) in [5.41, 5.74) is 0.676. The summed E-state index contributed by atoms with van der Waals surface area (Å²) >= 11 is 5.86. The van der Waals surface area contributed by atoms with Crippen molar-refractivity contribution < 1.29 is 49.0 Å². The highest BCUT2D eigenvalue weighted by molar-refractivity contribution is 6.30. The summed E-state index contributed by atoms with van der Waals surface area (Å²) in [5.74, 6) is -2.36. The number of benzene rings is 1. The minimum absolute atomic E-state index is 0.0111. The second-order valence-corrected chi connectivity index (χ2v) is 10.6. The molecule has 1 fully saturated rings. The Balaban J connectivity index is 2.06. The summed E-state index contributed by atoms with van der Waals surface area (Å²) in [4.78, 5) is 36.6. The highest BCUT2D eigenvalue weighted by Crippen LogP contribution is 2.33. The maximum atomic E-state index is 12.4. The summed E-state index contributed by atoms with van der Waals surface area (Å²) in [7, 11) is 1.41. The highest BCUT2D eigenvalue weighted by Gasteiger charge is 2.55. The first kappa shape index (κ1) is 36.4. The molecule has 0 saturated carbocycles. The molecule has 0 unspecified atom stereocenters. The van der Waals surface area contributed by atoms with E-state index in [4.69, 9.17) is 32.2 Å². The van der Waals surface area contributed by atoms with Crippen LogP contribution in [0, 0.1) is 12.3 Å². The van der Waals surface area contributed by atoms with Crippen LogP contribution >= 0.6 is 11.6 Å². The quantitative estimate of drug-likeness (QED) is 0.0777. The predicted octanol–water partition coefficient (Wildman–Crippen LogP) is -0.418. The Kier molecular flexibility index (Phi) is 15.9. The molecule has 1 aliphatic rings. The molecule has 0 aliphatic carbocycles. The maximum absolute atomic E-state index is 12.4. The zero-order valence-corrected chi connectivity index (χ0v) is 24.9. The number of halogens is 1. The van der Waals surface area contributed by atoms with Gasteiger partial charge in [-0.15, -0.1) is 6.42 Å². The van der Waals surface area contributed by atoms with Crippen molar-refractivity contribution in [2.75, 3.05) is 40.0 Å². The number of ether oxygens (including phenoxy) is 3. The average molecular weight is 628 g/mol. The number of carboxylic acids is 1. The molecule has 2 rings (SSSR count). The van der Waals surface area contributed by atoms with Crippen LogP contribution in [0.5, 0.6) is 0 Å². The molecule has 0 spiro atoms. The SMILES string of the molecule is C#CCOCCCCCCO[C@]1(C(=O)O)C[C@H](O)[C@@H](NCC(=O)NC)[C@H]([C@H](O)[C@H](O)CNC(=O)Cc2ccc(Cl)cc2)O1. The first-order valence-corrected chi connectivity index (χ1v) is 14.5. The second-order valence-electron chi connectivity index (χ2n) is 10.2. The summed E-state index contributed by atoms with van der Waals surface area (Å²) in [6.45, 7) is 0.0306. The number of carbonyl (C=O) groups is 3. The fourth-order valence-corrected chi connectivity index (χ4v) is 4.65. The van der Waals surface area contributed by atoms with Gasteiger partial charge in [0.2, 0.25) is 11.8 Å². The number of terminal acetylenes is 1. The summed E-state index contributed by atoms with van der Waals surface area (Å²) in [5, 5.41) is 51.0. The number of aliphatic hydroxyl groups excluding tert-OH is 3. The van der Waals surface area contributed by atoms with Crippen LogP contribution in [0.3, 0.4) is 0 Å². The lowest BCUT2D eigenvalue weighted by atomic mass is 9.88. The van der Waals surface area contributed by atoms with E-state index in [0.29, 0.717) is 30.0 Å². The highest BCUT2D eigenvalue weighted by atomic mass is 35.5. The van der Waals surface area contributed by atoms with Gasteiger partial charge in [0, 0.05) is 31.6 Å².